The summed E-state index contributed by atoms with van der Waals surface area (Å²) in [5.74, 6) is -0.491. The Hall–Kier alpha value is -3.16. The zero-order chi connectivity index (χ0) is 22.3. The average molecular weight is 429 g/mol. The number of carbonyl (C=O) groups excluding carboxylic acids is 1. The fraction of sp³-hybridized carbons (Fsp3) is 0.348. The van der Waals surface area contributed by atoms with E-state index in [1.807, 2.05) is 19.9 Å². The van der Waals surface area contributed by atoms with E-state index in [0.29, 0.717) is 13.0 Å². The van der Waals surface area contributed by atoms with Gasteiger partial charge >= 0.3 is 6.18 Å². The maximum atomic E-state index is 13.1. The number of amides is 1. The van der Waals surface area contributed by atoms with Gasteiger partial charge in [-0.15, -0.1) is 0 Å². The first kappa shape index (κ1) is 21.1. The monoisotopic (exact) mass is 429 g/mol. The van der Waals surface area contributed by atoms with Gasteiger partial charge in [0.2, 0.25) is 0 Å². The van der Waals surface area contributed by atoms with Gasteiger partial charge in [0.1, 0.15) is 0 Å². The van der Waals surface area contributed by atoms with E-state index in [4.69, 9.17) is 0 Å². The molecule has 1 unspecified atom stereocenters. The van der Waals surface area contributed by atoms with Crippen LogP contribution in [0.5, 0.6) is 0 Å². The van der Waals surface area contributed by atoms with Gasteiger partial charge in [-0.05, 0) is 68.0 Å². The molecule has 1 aromatic heterocycles. The first-order chi connectivity index (χ1) is 14.6. The summed E-state index contributed by atoms with van der Waals surface area (Å²) < 4.78 is 38.8. The molecule has 0 spiro atoms. The number of aryl methyl sites for hydroxylation is 2. The number of H-pyrrole nitrogens is 1. The van der Waals surface area contributed by atoms with E-state index >= 15 is 0 Å². The van der Waals surface area contributed by atoms with Gasteiger partial charge in [0.15, 0.2) is 5.69 Å². The fourth-order valence-corrected chi connectivity index (χ4v) is 4.06. The van der Waals surface area contributed by atoms with Crippen molar-refractivity contribution in [1.29, 1.82) is 0 Å². The molecule has 1 fully saturated rings. The van der Waals surface area contributed by atoms with Gasteiger partial charge < -0.3 is 9.88 Å². The highest BCUT2D eigenvalue weighted by Gasteiger charge is 2.33. The van der Waals surface area contributed by atoms with Crippen LogP contribution in [-0.2, 0) is 12.6 Å². The Kier molecular flexibility index (Phi) is 5.33. The predicted octanol–water partition coefficient (Wildman–Crippen LogP) is 4.41. The summed E-state index contributed by atoms with van der Waals surface area (Å²) in [6, 6.07) is 9.03. The molecule has 0 saturated carbocycles. The van der Waals surface area contributed by atoms with Crippen molar-refractivity contribution in [2.24, 2.45) is 0 Å². The standard InChI is InChI=1S/C23H22F3N3O2/c1-13-5-6-15(10-14(13)2)11-17-4-3-9-29(17)22(31)20-21(30)28-19-12-16(23(24,25)26)7-8-18(19)27-20/h5-8,10,12,17H,3-4,9,11H2,1-2H3,(H,28,30). The predicted molar refractivity (Wildman–Crippen MR) is 111 cm³/mol. The molecule has 5 nitrogen and oxygen atoms in total. The summed E-state index contributed by atoms with van der Waals surface area (Å²) in [6.07, 6.45) is -2.22. The SMILES string of the molecule is Cc1ccc(CC2CCCN2C(=O)c2nc3ccc(C(F)(F)F)cc3[nH]c2=O)cc1C. The lowest BCUT2D eigenvalue weighted by Crippen LogP contribution is -2.40. The van der Waals surface area contributed by atoms with Crippen LogP contribution in [0, 0.1) is 13.8 Å². The minimum Gasteiger partial charge on any atom is -0.334 e. The van der Waals surface area contributed by atoms with Gasteiger partial charge in [-0.2, -0.15) is 13.2 Å². The van der Waals surface area contributed by atoms with E-state index in [-0.39, 0.29) is 22.8 Å². The number of halogens is 3. The summed E-state index contributed by atoms with van der Waals surface area (Å²) in [5.41, 5.74) is 1.62. The van der Waals surface area contributed by atoms with Crippen LogP contribution >= 0.6 is 0 Å². The lowest BCUT2D eigenvalue weighted by Gasteiger charge is -2.24. The van der Waals surface area contributed by atoms with Crippen LogP contribution in [0.3, 0.4) is 0 Å². The molecule has 1 amide bonds. The van der Waals surface area contributed by atoms with Crippen molar-refractivity contribution in [3.8, 4) is 0 Å². The number of fused-ring (bicyclic) bond motifs is 1. The Morgan fingerprint density at radius 2 is 1.94 bits per heavy atom. The number of benzene rings is 2. The minimum atomic E-state index is -4.53. The number of aromatic nitrogens is 2. The molecule has 1 aliphatic heterocycles. The second kappa shape index (κ2) is 7.83. The summed E-state index contributed by atoms with van der Waals surface area (Å²) in [6.45, 7) is 4.60. The van der Waals surface area contributed by atoms with Crippen molar-refractivity contribution >= 4 is 16.9 Å². The Morgan fingerprint density at radius 1 is 1.16 bits per heavy atom. The summed E-state index contributed by atoms with van der Waals surface area (Å²) in [5, 5.41) is 0. The van der Waals surface area contributed by atoms with Crippen molar-refractivity contribution in [2.75, 3.05) is 6.54 Å². The number of rotatable bonds is 3. The Morgan fingerprint density at radius 3 is 2.65 bits per heavy atom. The summed E-state index contributed by atoms with van der Waals surface area (Å²) in [7, 11) is 0. The van der Waals surface area contributed by atoms with Crippen LogP contribution in [0.15, 0.2) is 41.2 Å². The van der Waals surface area contributed by atoms with Gasteiger partial charge in [0, 0.05) is 12.6 Å². The number of carbonyl (C=O) groups is 1. The van der Waals surface area contributed by atoms with Crippen LogP contribution in [0.4, 0.5) is 13.2 Å². The number of hydrogen-bond acceptors (Lipinski definition) is 3. The Balaban J connectivity index is 1.62. The molecule has 31 heavy (non-hydrogen) atoms. The van der Waals surface area contributed by atoms with Crippen molar-refractivity contribution in [3.05, 3.63) is 74.7 Å². The number of nitrogens with zero attached hydrogens (tertiary/aromatic N) is 2. The molecule has 4 rings (SSSR count). The molecular weight excluding hydrogens is 407 g/mol. The van der Waals surface area contributed by atoms with Crippen LogP contribution in [0.1, 0.15) is 45.6 Å². The van der Waals surface area contributed by atoms with Crippen molar-refractivity contribution < 1.29 is 18.0 Å². The molecule has 162 valence electrons. The van der Waals surface area contributed by atoms with Gasteiger partial charge in [-0.25, -0.2) is 4.98 Å². The van der Waals surface area contributed by atoms with E-state index in [9.17, 15) is 22.8 Å². The lowest BCUT2D eigenvalue weighted by atomic mass is 9.99. The van der Waals surface area contributed by atoms with E-state index < -0.39 is 23.2 Å². The molecule has 8 heteroatoms. The molecule has 1 N–H and O–H groups in total. The average Bonchev–Trinajstić information content (AvgIpc) is 3.16. The number of hydrogen-bond donors (Lipinski definition) is 1. The molecule has 3 aromatic rings. The number of alkyl halides is 3. The van der Waals surface area contributed by atoms with Gasteiger partial charge in [0.25, 0.3) is 11.5 Å². The molecule has 1 saturated heterocycles. The van der Waals surface area contributed by atoms with Crippen LogP contribution in [-0.4, -0.2) is 33.4 Å². The van der Waals surface area contributed by atoms with Gasteiger partial charge in [-0.1, -0.05) is 18.2 Å². The first-order valence-electron chi connectivity index (χ1n) is 10.1. The number of likely N-dealkylation sites (tertiary alicyclic amines) is 1. The fourth-order valence-electron chi connectivity index (χ4n) is 4.06. The molecule has 1 aliphatic rings. The van der Waals surface area contributed by atoms with Gasteiger partial charge in [-0.3, -0.25) is 9.59 Å². The topological polar surface area (TPSA) is 66.1 Å². The molecule has 0 bridgehead atoms. The Bertz CT molecular complexity index is 1220. The van der Waals surface area contributed by atoms with Crippen molar-refractivity contribution in [3.63, 3.8) is 0 Å². The van der Waals surface area contributed by atoms with E-state index in [0.717, 1.165) is 30.5 Å². The minimum absolute atomic E-state index is 0.0514. The first-order valence-corrected chi connectivity index (χ1v) is 10.1. The normalized spacial score (nSPS) is 16.8. The molecule has 2 heterocycles. The molecule has 1 atom stereocenters. The van der Waals surface area contributed by atoms with Crippen molar-refractivity contribution in [1.82, 2.24) is 14.9 Å². The number of nitrogens with one attached hydrogen (secondary N) is 1. The third-order valence-electron chi connectivity index (χ3n) is 5.90. The van der Waals surface area contributed by atoms with Crippen molar-refractivity contribution in [2.45, 2.75) is 45.3 Å². The van der Waals surface area contributed by atoms with Crippen LogP contribution in [0.2, 0.25) is 0 Å². The summed E-state index contributed by atoms with van der Waals surface area (Å²) in [4.78, 5) is 33.8. The van der Waals surface area contributed by atoms with E-state index in [2.05, 4.69) is 22.1 Å². The zero-order valence-corrected chi connectivity index (χ0v) is 17.2. The van der Waals surface area contributed by atoms with Gasteiger partial charge in [0.05, 0.1) is 16.6 Å². The summed E-state index contributed by atoms with van der Waals surface area (Å²) >= 11 is 0. The largest absolute Gasteiger partial charge is 0.416 e. The zero-order valence-electron chi connectivity index (χ0n) is 17.2. The number of aromatic amines is 1. The smallest absolute Gasteiger partial charge is 0.334 e. The molecule has 0 radical (unpaired) electrons. The molecular formula is C23H22F3N3O2. The highest BCUT2D eigenvalue weighted by Crippen LogP contribution is 2.30. The third kappa shape index (κ3) is 4.19. The Labute approximate surface area is 176 Å². The lowest BCUT2D eigenvalue weighted by molar-refractivity contribution is -0.137. The maximum Gasteiger partial charge on any atom is 0.416 e. The van der Waals surface area contributed by atoms with Crippen LogP contribution in [0.25, 0.3) is 11.0 Å². The maximum absolute atomic E-state index is 13.1. The quantitative estimate of drug-likeness (QED) is 0.671. The van der Waals surface area contributed by atoms with Crippen LogP contribution < -0.4 is 5.56 Å². The molecule has 2 aromatic carbocycles. The highest BCUT2D eigenvalue weighted by atomic mass is 19.4. The van der Waals surface area contributed by atoms with E-state index in [1.54, 1.807) is 4.90 Å². The second-order valence-corrected chi connectivity index (χ2v) is 8.06. The van der Waals surface area contributed by atoms with E-state index in [1.165, 1.54) is 17.2 Å². The third-order valence-corrected chi connectivity index (χ3v) is 5.90. The second-order valence-electron chi connectivity index (χ2n) is 8.06. The molecule has 0 aliphatic carbocycles. The highest BCUT2D eigenvalue weighted by molar-refractivity contribution is 5.94.